The summed E-state index contributed by atoms with van der Waals surface area (Å²) in [5, 5.41) is 11.5. The molecule has 100 valence electrons. The van der Waals surface area contributed by atoms with E-state index in [2.05, 4.69) is 10.3 Å². The third kappa shape index (κ3) is 3.85. The van der Waals surface area contributed by atoms with Crippen LogP contribution in [0.15, 0.2) is 12.5 Å². The molecule has 1 aromatic heterocycles. The molecule has 0 aromatic carbocycles. The fourth-order valence-corrected chi connectivity index (χ4v) is 1.45. The number of aliphatic carboxylic acids is 1. The number of nitrogens with one attached hydrogen (secondary N) is 1. The highest BCUT2D eigenvalue weighted by Crippen LogP contribution is 2.01. The van der Waals surface area contributed by atoms with Crippen molar-refractivity contribution in [3.05, 3.63) is 18.2 Å². The molecular formula is C11H18N4O3. The topological polar surface area (TPSA) is 110 Å². The molecule has 7 nitrogen and oxygen atoms in total. The molecule has 0 fully saturated rings. The Kier molecular flexibility index (Phi) is 4.85. The number of hydrogen-bond acceptors (Lipinski definition) is 4. The molecule has 7 heteroatoms. The lowest BCUT2D eigenvalue weighted by atomic mass is 10.1. The number of carboxylic acids is 1. The fourth-order valence-electron chi connectivity index (χ4n) is 1.45. The summed E-state index contributed by atoms with van der Waals surface area (Å²) in [5.74, 6) is -1.56. The van der Waals surface area contributed by atoms with E-state index >= 15 is 0 Å². The van der Waals surface area contributed by atoms with E-state index in [1.165, 1.54) is 0 Å². The van der Waals surface area contributed by atoms with Gasteiger partial charge in [0.05, 0.1) is 18.1 Å². The maximum absolute atomic E-state index is 11.6. The highest BCUT2D eigenvalue weighted by molar-refractivity contribution is 5.86. The number of aromatic nitrogens is 2. The number of hydrogen-bond donors (Lipinski definition) is 3. The van der Waals surface area contributed by atoms with Crippen LogP contribution in [-0.2, 0) is 23.1 Å². The first-order chi connectivity index (χ1) is 8.43. The summed E-state index contributed by atoms with van der Waals surface area (Å²) in [7, 11) is 1.79. The van der Waals surface area contributed by atoms with Crippen LogP contribution in [-0.4, -0.2) is 38.6 Å². The Labute approximate surface area is 105 Å². The molecule has 0 bridgehead atoms. The number of imidazole rings is 1. The second-order valence-corrected chi connectivity index (χ2v) is 4.15. The highest BCUT2D eigenvalue weighted by atomic mass is 16.4. The Balaban J connectivity index is 2.66. The summed E-state index contributed by atoms with van der Waals surface area (Å²) in [5.41, 5.74) is 6.14. The van der Waals surface area contributed by atoms with Gasteiger partial charge in [-0.2, -0.15) is 0 Å². The monoisotopic (exact) mass is 254 g/mol. The van der Waals surface area contributed by atoms with Crippen molar-refractivity contribution in [2.24, 2.45) is 12.8 Å². The number of aryl methyl sites for hydroxylation is 1. The van der Waals surface area contributed by atoms with Crippen molar-refractivity contribution in [1.29, 1.82) is 0 Å². The number of carboxylic acid groups (broad SMARTS) is 1. The summed E-state index contributed by atoms with van der Waals surface area (Å²) < 4.78 is 1.72. The summed E-state index contributed by atoms with van der Waals surface area (Å²) >= 11 is 0. The molecule has 0 spiro atoms. The third-order valence-electron chi connectivity index (χ3n) is 2.56. The van der Waals surface area contributed by atoms with Crippen LogP contribution >= 0.6 is 0 Å². The Morgan fingerprint density at radius 3 is 2.72 bits per heavy atom. The number of carbonyl (C=O) groups is 2. The molecule has 0 saturated carbocycles. The fraction of sp³-hybridized carbons (Fsp3) is 0.545. The number of nitrogens with zero attached hydrogens (tertiary/aromatic N) is 2. The summed E-state index contributed by atoms with van der Waals surface area (Å²) in [6.45, 7) is 1.76. The van der Waals surface area contributed by atoms with E-state index in [1.54, 1.807) is 31.1 Å². The molecule has 4 N–H and O–H groups in total. The average Bonchev–Trinajstić information content (AvgIpc) is 2.72. The van der Waals surface area contributed by atoms with Crippen molar-refractivity contribution in [2.45, 2.75) is 31.8 Å². The first kappa shape index (κ1) is 14.2. The Bertz CT molecular complexity index is 430. The zero-order valence-electron chi connectivity index (χ0n) is 10.5. The van der Waals surface area contributed by atoms with Crippen LogP contribution in [0.2, 0.25) is 0 Å². The zero-order valence-corrected chi connectivity index (χ0v) is 10.5. The third-order valence-corrected chi connectivity index (χ3v) is 2.56. The van der Waals surface area contributed by atoms with Crippen LogP contribution in [0.1, 0.15) is 19.0 Å². The largest absolute Gasteiger partial charge is 0.480 e. The van der Waals surface area contributed by atoms with Crippen molar-refractivity contribution >= 4 is 11.9 Å². The second-order valence-electron chi connectivity index (χ2n) is 4.15. The van der Waals surface area contributed by atoms with Crippen molar-refractivity contribution < 1.29 is 14.7 Å². The van der Waals surface area contributed by atoms with Crippen LogP contribution in [0.3, 0.4) is 0 Å². The van der Waals surface area contributed by atoms with Crippen LogP contribution in [0.4, 0.5) is 0 Å². The Morgan fingerprint density at radius 1 is 1.61 bits per heavy atom. The molecule has 1 unspecified atom stereocenters. The van der Waals surface area contributed by atoms with Gasteiger partial charge in [0.25, 0.3) is 0 Å². The minimum atomic E-state index is -1.10. The number of carbonyl (C=O) groups excluding carboxylic acids is 1. The predicted molar refractivity (Wildman–Crippen MR) is 64.7 cm³/mol. The van der Waals surface area contributed by atoms with Gasteiger partial charge in [0.15, 0.2) is 0 Å². The van der Waals surface area contributed by atoms with Crippen molar-refractivity contribution in [2.75, 3.05) is 0 Å². The van der Waals surface area contributed by atoms with Gasteiger partial charge in [-0.3, -0.25) is 4.79 Å². The molecule has 1 heterocycles. The van der Waals surface area contributed by atoms with Gasteiger partial charge in [0.1, 0.15) is 6.04 Å². The van der Waals surface area contributed by atoms with Gasteiger partial charge in [-0.15, -0.1) is 0 Å². The predicted octanol–water partition coefficient (Wildman–Crippen LogP) is -0.731. The summed E-state index contributed by atoms with van der Waals surface area (Å²) in [4.78, 5) is 26.7. The van der Waals surface area contributed by atoms with Gasteiger partial charge in [-0.1, -0.05) is 6.92 Å². The number of nitrogens with two attached hydrogens (primary N) is 1. The minimum Gasteiger partial charge on any atom is -0.480 e. The SMILES string of the molecule is CCC(N)C(=O)N[C@@H](Cc1cn(C)cn1)C(=O)O. The van der Waals surface area contributed by atoms with Gasteiger partial charge in [-0.05, 0) is 6.42 Å². The van der Waals surface area contributed by atoms with Crippen LogP contribution < -0.4 is 11.1 Å². The van der Waals surface area contributed by atoms with Gasteiger partial charge in [0, 0.05) is 19.7 Å². The van der Waals surface area contributed by atoms with E-state index in [0.29, 0.717) is 12.1 Å². The van der Waals surface area contributed by atoms with E-state index in [-0.39, 0.29) is 6.42 Å². The van der Waals surface area contributed by atoms with Crippen molar-refractivity contribution in [1.82, 2.24) is 14.9 Å². The highest BCUT2D eigenvalue weighted by Gasteiger charge is 2.23. The minimum absolute atomic E-state index is 0.137. The van der Waals surface area contributed by atoms with Crippen LogP contribution in [0.5, 0.6) is 0 Å². The van der Waals surface area contributed by atoms with Crippen molar-refractivity contribution in [3.8, 4) is 0 Å². The second kappa shape index (κ2) is 6.15. The Hall–Kier alpha value is -1.89. The maximum Gasteiger partial charge on any atom is 0.326 e. The van der Waals surface area contributed by atoms with E-state index in [9.17, 15) is 9.59 Å². The molecule has 0 saturated heterocycles. The molecule has 0 aliphatic heterocycles. The van der Waals surface area contributed by atoms with E-state index in [4.69, 9.17) is 10.8 Å². The molecule has 0 aliphatic rings. The Morgan fingerprint density at radius 2 is 2.28 bits per heavy atom. The van der Waals surface area contributed by atoms with Gasteiger partial charge in [-0.25, -0.2) is 9.78 Å². The first-order valence-corrected chi connectivity index (χ1v) is 5.69. The number of rotatable bonds is 6. The molecule has 1 rings (SSSR count). The summed E-state index contributed by atoms with van der Waals surface area (Å²) in [6, 6.07) is -1.69. The molecule has 2 atom stereocenters. The molecule has 0 radical (unpaired) electrons. The van der Waals surface area contributed by atoms with E-state index in [0.717, 1.165) is 0 Å². The van der Waals surface area contributed by atoms with Gasteiger partial charge < -0.3 is 20.7 Å². The maximum atomic E-state index is 11.6. The van der Waals surface area contributed by atoms with Crippen molar-refractivity contribution in [3.63, 3.8) is 0 Å². The normalized spacial score (nSPS) is 13.9. The van der Waals surface area contributed by atoms with Gasteiger partial charge in [0.2, 0.25) is 5.91 Å². The van der Waals surface area contributed by atoms with Crippen LogP contribution in [0, 0.1) is 0 Å². The zero-order chi connectivity index (χ0) is 13.7. The lowest BCUT2D eigenvalue weighted by molar-refractivity contribution is -0.142. The van der Waals surface area contributed by atoms with E-state index < -0.39 is 24.0 Å². The molecule has 1 aromatic rings. The van der Waals surface area contributed by atoms with Crippen LogP contribution in [0.25, 0.3) is 0 Å². The number of amides is 1. The van der Waals surface area contributed by atoms with E-state index in [1.807, 2.05) is 0 Å². The first-order valence-electron chi connectivity index (χ1n) is 5.69. The van der Waals surface area contributed by atoms with Gasteiger partial charge >= 0.3 is 5.97 Å². The summed E-state index contributed by atoms with van der Waals surface area (Å²) in [6.07, 6.45) is 3.88. The smallest absolute Gasteiger partial charge is 0.326 e. The molecular weight excluding hydrogens is 236 g/mol. The standard InChI is InChI=1S/C11H18N4O3/c1-3-8(12)10(16)14-9(11(17)18)4-7-5-15(2)6-13-7/h5-6,8-9H,3-4,12H2,1-2H3,(H,14,16)(H,17,18)/t8?,9-/m0/s1. The lowest BCUT2D eigenvalue weighted by Crippen LogP contribution is -2.49. The molecule has 0 aliphatic carbocycles. The molecule has 18 heavy (non-hydrogen) atoms. The lowest BCUT2D eigenvalue weighted by Gasteiger charge is -2.16. The average molecular weight is 254 g/mol. The molecule has 1 amide bonds. The quantitative estimate of drug-likeness (QED) is 0.620.